The number of phenolic OH excluding ortho intramolecular Hbond substituents is 1. The topological polar surface area (TPSA) is 77.5 Å². The van der Waals surface area contributed by atoms with Gasteiger partial charge in [-0.1, -0.05) is 36.4 Å². The van der Waals surface area contributed by atoms with E-state index in [1.54, 1.807) is 12.1 Å². The number of nitrogens with zero attached hydrogens (tertiary/aromatic N) is 1. The van der Waals surface area contributed by atoms with Gasteiger partial charge in [0.1, 0.15) is 5.75 Å². The van der Waals surface area contributed by atoms with Gasteiger partial charge in [0.15, 0.2) is 0 Å². The summed E-state index contributed by atoms with van der Waals surface area (Å²) in [6, 6.07) is 13.2. The molecule has 0 aliphatic heterocycles. The highest BCUT2D eigenvalue weighted by molar-refractivity contribution is 5.90. The van der Waals surface area contributed by atoms with Gasteiger partial charge in [-0.2, -0.15) is 5.10 Å². The third-order valence-corrected chi connectivity index (χ3v) is 3.93. The second kappa shape index (κ2) is 7.49. The maximum absolute atomic E-state index is 12.1. The van der Waals surface area contributed by atoms with Gasteiger partial charge in [-0.05, 0) is 29.7 Å². The Bertz CT molecular complexity index is 941. The summed E-state index contributed by atoms with van der Waals surface area (Å²) in [5, 5.41) is 15.1. The van der Waals surface area contributed by atoms with Gasteiger partial charge < -0.3 is 10.1 Å². The number of hydrazone groups is 1. The SMILES string of the molecule is C=CCc1cccc(/C=N\NC(=O)Cc2c[nH]c3ccccc23)c1O. The molecule has 0 saturated carbocycles. The van der Waals surface area contributed by atoms with Crippen LogP contribution in [0.15, 0.2) is 66.4 Å². The minimum absolute atomic E-state index is 0.150. The van der Waals surface area contributed by atoms with Crippen LogP contribution in [0.25, 0.3) is 10.9 Å². The number of hydrogen-bond donors (Lipinski definition) is 3. The molecule has 0 bridgehead atoms. The highest BCUT2D eigenvalue weighted by Crippen LogP contribution is 2.21. The van der Waals surface area contributed by atoms with Gasteiger partial charge in [-0.25, -0.2) is 5.43 Å². The molecule has 3 N–H and O–H groups in total. The van der Waals surface area contributed by atoms with Crippen molar-refractivity contribution in [1.82, 2.24) is 10.4 Å². The first-order valence-electron chi connectivity index (χ1n) is 7.97. The molecule has 1 heterocycles. The Morgan fingerprint density at radius 2 is 2.04 bits per heavy atom. The molecule has 0 aliphatic carbocycles. The lowest BCUT2D eigenvalue weighted by molar-refractivity contribution is -0.120. The van der Waals surface area contributed by atoms with Crippen LogP contribution < -0.4 is 5.43 Å². The number of aromatic nitrogens is 1. The third-order valence-electron chi connectivity index (χ3n) is 3.93. The quantitative estimate of drug-likeness (QED) is 0.368. The number of allylic oxidation sites excluding steroid dienone is 1. The fraction of sp³-hybridized carbons (Fsp3) is 0.100. The summed E-state index contributed by atoms with van der Waals surface area (Å²) in [5.74, 6) is -0.0697. The van der Waals surface area contributed by atoms with Crippen molar-refractivity contribution in [3.05, 3.63) is 78.0 Å². The molecule has 5 heteroatoms. The van der Waals surface area contributed by atoms with Crippen LogP contribution in [0.5, 0.6) is 5.75 Å². The highest BCUT2D eigenvalue weighted by Gasteiger charge is 2.08. The van der Waals surface area contributed by atoms with Crippen molar-refractivity contribution in [2.24, 2.45) is 5.10 Å². The van der Waals surface area contributed by atoms with Crippen molar-refractivity contribution in [3.63, 3.8) is 0 Å². The number of benzene rings is 2. The van der Waals surface area contributed by atoms with Crippen molar-refractivity contribution in [2.45, 2.75) is 12.8 Å². The third kappa shape index (κ3) is 3.77. The molecule has 3 rings (SSSR count). The average molecular weight is 333 g/mol. The van der Waals surface area contributed by atoms with Crippen LogP contribution in [0.3, 0.4) is 0 Å². The maximum Gasteiger partial charge on any atom is 0.244 e. The Hall–Kier alpha value is -3.34. The molecule has 0 atom stereocenters. The second-order valence-electron chi connectivity index (χ2n) is 5.68. The summed E-state index contributed by atoms with van der Waals surface area (Å²) < 4.78 is 0. The zero-order valence-corrected chi connectivity index (χ0v) is 13.7. The van der Waals surface area contributed by atoms with E-state index in [1.807, 2.05) is 42.6 Å². The first kappa shape index (κ1) is 16.5. The number of para-hydroxylation sites is 2. The van der Waals surface area contributed by atoms with Crippen LogP contribution in [0.4, 0.5) is 0 Å². The van der Waals surface area contributed by atoms with E-state index in [0.29, 0.717) is 12.0 Å². The Kier molecular flexibility index (Phi) is 4.95. The molecule has 25 heavy (non-hydrogen) atoms. The summed E-state index contributed by atoms with van der Waals surface area (Å²) in [5.41, 5.74) is 5.73. The number of H-pyrrole nitrogens is 1. The van der Waals surface area contributed by atoms with Crippen LogP contribution in [-0.4, -0.2) is 22.2 Å². The van der Waals surface area contributed by atoms with Crippen molar-refractivity contribution in [1.29, 1.82) is 0 Å². The smallest absolute Gasteiger partial charge is 0.244 e. The number of fused-ring (bicyclic) bond motifs is 1. The number of aromatic hydroxyl groups is 1. The van der Waals surface area contributed by atoms with E-state index in [0.717, 1.165) is 22.0 Å². The standard InChI is InChI=1S/C20H19N3O2/c1-2-6-14-7-5-8-15(20(14)25)13-22-23-19(24)11-16-12-21-18-10-4-3-9-17(16)18/h2-5,7-10,12-13,21,25H,1,6,11H2,(H,23,24)/b22-13-. The number of phenols is 1. The Labute approximate surface area is 145 Å². The molecule has 126 valence electrons. The normalized spacial score (nSPS) is 11.0. The van der Waals surface area contributed by atoms with Crippen molar-refractivity contribution in [3.8, 4) is 5.75 Å². The molecule has 0 spiro atoms. The van der Waals surface area contributed by atoms with Crippen LogP contribution >= 0.6 is 0 Å². The van der Waals surface area contributed by atoms with E-state index in [4.69, 9.17) is 0 Å². The molecule has 0 fully saturated rings. The van der Waals surface area contributed by atoms with Gasteiger partial charge in [-0.15, -0.1) is 6.58 Å². The first-order chi connectivity index (χ1) is 12.2. The van der Waals surface area contributed by atoms with Crippen LogP contribution in [-0.2, 0) is 17.6 Å². The summed E-state index contributed by atoms with van der Waals surface area (Å²) in [7, 11) is 0. The maximum atomic E-state index is 12.1. The number of carbonyl (C=O) groups is 1. The van der Waals surface area contributed by atoms with Crippen molar-refractivity contribution < 1.29 is 9.90 Å². The van der Waals surface area contributed by atoms with Crippen molar-refractivity contribution in [2.75, 3.05) is 0 Å². The van der Waals surface area contributed by atoms with E-state index in [-0.39, 0.29) is 18.1 Å². The van der Waals surface area contributed by atoms with Crippen LogP contribution in [0, 0.1) is 0 Å². The molecular weight excluding hydrogens is 314 g/mol. The number of nitrogens with one attached hydrogen (secondary N) is 2. The van der Waals surface area contributed by atoms with Gasteiger partial charge >= 0.3 is 0 Å². The molecule has 0 unspecified atom stereocenters. The average Bonchev–Trinajstić information content (AvgIpc) is 3.01. The van der Waals surface area contributed by atoms with Gasteiger partial charge in [0.2, 0.25) is 5.91 Å². The van der Waals surface area contributed by atoms with E-state index < -0.39 is 0 Å². The molecule has 3 aromatic rings. The molecule has 0 aliphatic rings. The number of carbonyl (C=O) groups excluding carboxylic acids is 1. The van der Waals surface area contributed by atoms with Crippen molar-refractivity contribution >= 4 is 23.0 Å². The molecule has 5 nitrogen and oxygen atoms in total. The molecule has 0 saturated heterocycles. The predicted octanol–water partition coefficient (Wildman–Crippen LogP) is 3.29. The minimum Gasteiger partial charge on any atom is -0.507 e. The molecule has 2 aromatic carbocycles. The lowest BCUT2D eigenvalue weighted by Gasteiger charge is -2.04. The zero-order chi connectivity index (χ0) is 17.6. The number of rotatable bonds is 6. The lowest BCUT2D eigenvalue weighted by Crippen LogP contribution is -2.19. The second-order valence-corrected chi connectivity index (χ2v) is 5.68. The molecule has 1 amide bonds. The minimum atomic E-state index is -0.220. The lowest BCUT2D eigenvalue weighted by atomic mass is 10.1. The molecule has 0 radical (unpaired) electrons. The molecular formula is C20H19N3O2. The summed E-state index contributed by atoms with van der Waals surface area (Å²) in [6.07, 6.45) is 5.79. The van der Waals surface area contributed by atoms with E-state index in [1.165, 1.54) is 6.21 Å². The highest BCUT2D eigenvalue weighted by atomic mass is 16.3. The predicted molar refractivity (Wildman–Crippen MR) is 99.7 cm³/mol. The van der Waals surface area contributed by atoms with Gasteiger partial charge in [0, 0.05) is 22.7 Å². The van der Waals surface area contributed by atoms with Gasteiger partial charge in [-0.3, -0.25) is 4.79 Å². The van der Waals surface area contributed by atoms with Gasteiger partial charge in [0.05, 0.1) is 12.6 Å². The van der Waals surface area contributed by atoms with E-state index >= 15 is 0 Å². The summed E-state index contributed by atoms with van der Waals surface area (Å²) in [4.78, 5) is 15.2. The van der Waals surface area contributed by atoms with E-state index in [2.05, 4.69) is 22.1 Å². The van der Waals surface area contributed by atoms with Crippen LogP contribution in [0.1, 0.15) is 16.7 Å². The first-order valence-corrected chi connectivity index (χ1v) is 7.97. The number of aromatic amines is 1. The largest absolute Gasteiger partial charge is 0.507 e. The fourth-order valence-electron chi connectivity index (χ4n) is 2.70. The number of hydrogen-bond acceptors (Lipinski definition) is 3. The zero-order valence-electron chi connectivity index (χ0n) is 13.7. The Balaban J connectivity index is 1.65. The number of amides is 1. The van der Waals surface area contributed by atoms with Gasteiger partial charge in [0.25, 0.3) is 0 Å². The summed E-state index contributed by atoms with van der Waals surface area (Å²) in [6.45, 7) is 3.66. The summed E-state index contributed by atoms with van der Waals surface area (Å²) >= 11 is 0. The fourth-order valence-corrected chi connectivity index (χ4v) is 2.70. The Morgan fingerprint density at radius 3 is 2.88 bits per heavy atom. The van der Waals surface area contributed by atoms with Crippen LogP contribution in [0.2, 0.25) is 0 Å². The Morgan fingerprint density at radius 1 is 1.20 bits per heavy atom. The monoisotopic (exact) mass is 333 g/mol. The molecule has 1 aromatic heterocycles. The van der Waals surface area contributed by atoms with E-state index in [9.17, 15) is 9.90 Å².